The Morgan fingerprint density at radius 2 is 1.86 bits per heavy atom. The molecule has 0 radical (unpaired) electrons. The SMILES string of the molecule is Cn1cc(C(=O)C(=O)NC2CN=CS2)c2cc(C(=O)N3CCC(Cc4ccc(F)cc4)CC3)c(Cl)cc21. The van der Waals surface area contributed by atoms with Crippen molar-refractivity contribution in [1.82, 2.24) is 14.8 Å². The van der Waals surface area contributed by atoms with E-state index in [1.165, 1.54) is 23.9 Å². The molecule has 3 aromatic rings. The van der Waals surface area contributed by atoms with E-state index in [0.717, 1.165) is 24.8 Å². The number of amides is 2. The fraction of sp³-hybridized carbons (Fsp3) is 0.333. The van der Waals surface area contributed by atoms with Crippen molar-refractivity contribution < 1.29 is 18.8 Å². The van der Waals surface area contributed by atoms with Crippen molar-refractivity contribution in [3.63, 3.8) is 0 Å². The molecule has 0 bridgehead atoms. The summed E-state index contributed by atoms with van der Waals surface area (Å²) in [4.78, 5) is 44.9. The number of aryl methyl sites for hydroxylation is 1. The van der Waals surface area contributed by atoms with Crippen molar-refractivity contribution >= 4 is 57.4 Å². The number of Topliss-reactive ketones (excluding diaryl/α,β-unsaturated/α-hetero) is 1. The average Bonchev–Trinajstić information content (AvgIpc) is 3.52. The predicted molar refractivity (Wildman–Crippen MR) is 144 cm³/mol. The molecule has 1 aromatic heterocycles. The van der Waals surface area contributed by atoms with Gasteiger partial charge in [0.25, 0.3) is 17.6 Å². The largest absolute Gasteiger partial charge is 0.350 e. The van der Waals surface area contributed by atoms with Crippen LogP contribution in [0.3, 0.4) is 0 Å². The molecule has 3 heterocycles. The number of thioether (sulfide) groups is 1. The Bertz CT molecular complexity index is 1390. The van der Waals surface area contributed by atoms with Crippen molar-refractivity contribution in [2.24, 2.45) is 18.0 Å². The number of hydrogen-bond acceptors (Lipinski definition) is 5. The first kappa shape index (κ1) is 25.5. The Kier molecular flexibility index (Phi) is 7.35. The van der Waals surface area contributed by atoms with E-state index in [0.29, 0.717) is 47.0 Å². The van der Waals surface area contributed by atoms with Crippen LogP contribution >= 0.6 is 23.4 Å². The van der Waals surface area contributed by atoms with Gasteiger partial charge in [-0.3, -0.25) is 19.4 Å². The van der Waals surface area contributed by atoms with E-state index < -0.39 is 11.7 Å². The van der Waals surface area contributed by atoms with E-state index in [-0.39, 0.29) is 22.7 Å². The van der Waals surface area contributed by atoms with Crippen LogP contribution < -0.4 is 5.32 Å². The molecule has 192 valence electrons. The van der Waals surface area contributed by atoms with Crippen molar-refractivity contribution in [1.29, 1.82) is 0 Å². The molecule has 0 spiro atoms. The molecule has 0 aliphatic carbocycles. The van der Waals surface area contributed by atoms with Gasteiger partial charge in [-0.05, 0) is 55.0 Å². The third-order valence-electron chi connectivity index (χ3n) is 6.96. The molecule has 10 heteroatoms. The van der Waals surface area contributed by atoms with Gasteiger partial charge in [0.1, 0.15) is 11.2 Å². The quantitative estimate of drug-likeness (QED) is 0.369. The molecule has 1 unspecified atom stereocenters. The number of nitrogens with one attached hydrogen (secondary N) is 1. The average molecular weight is 541 g/mol. The second kappa shape index (κ2) is 10.7. The monoisotopic (exact) mass is 540 g/mol. The van der Waals surface area contributed by atoms with E-state index in [1.54, 1.807) is 52.5 Å². The summed E-state index contributed by atoms with van der Waals surface area (Å²) in [7, 11) is 1.77. The van der Waals surface area contributed by atoms with Gasteiger partial charge in [0.15, 0.2) is 0 Å². The minimum absolute atomic E-state index is 0.196. The summed E-state index contributed by atoms with van der Waals surface area (Å²) < 4.78 is 14.9. The standard InChI is InChI=1S/C27H26ClFN4O3S/c1-32-14-21(25(34)26(35)31-24-13-30-15-37-24)19-11-20(22(28)12-23(19)32)27(36)33-8-6-17(7-9-33)10-16-2-4-18(29)5-3-16/h2-5,11-12,14-15,17,24H,6-10,13H2,1H3,(H,31,35). The summed E-state index contributed by atoms with van der Waals surface area (Å²) in [5.41, 5.74) is 3.94. The molecule has 5 rings (SSSR count). The highest BCUT2D eigenvalue weighted by Crippen LogP contribution is 2.31. The molecule has 2 aromatic carbocycles. The normalized spacial score (nSPS) is 17.9. The number of carbonyl (C=O) groups excluding carboxylic acids is 3. The summed E-state index contributed by atoms with van der Waals surface area (Å²) in [5.74, 6) is -1.41. The second-order valence-electron chi connectivity index (χ2n) is 9.47. The van der Waals surface area contributed by atoms with Gasteiger partial charge >= 0.3 is 0 Å². The highest BCUT2D eigenvalue weighted by atomic mass is 35.5. The van der Waals surface area contributed by atoms with E-state index in [4.69, 9.17) is 11.6 Å². The molecule has 1 atom stereocenters. The number of aliphatic imine (C=N–C) groups is 1. The topological polar surface area (TPSA) is 83.8 Å². The molecule has 1 saturated heterocycles. The zero-order valence-corrected chi connectivity index (χ0v) is 21.8. The number of carbonyl (C=O) groups is 3. The maximum atomic E-state index is 13.4. The van der Waals surface area contributed by atoms with E-state index in [1.807, 2.05) is 0 Å². The number of nitrogens with zero attached hydrogens (tertiary/aromatic N) is 3. The summed E-state index contributed by atoms with van der Waals surface area (Å²) in [5, 5.41) is 3.25. The Morgan fingerprint density at radius 1 is 1.14 bits per heavy atom. The molecule has 2 aliphatic heterocycles. The zero-order valence-electron chi connectivity index (χ0n) is 20.2. The number of benzene rings is 2. The molecular formula is C27H26ClFN4O3S. The van der Waals surface area contributed by atoms with Gasteiger partial charge in [0.2, 0.25) is 0 Å². The highest BCUT2D eigenvalue weighted by molar-refractivity contribution is 8.12. The van der Waals surface area contributed by atoms with Crippen LogP contribution in [0, 0.1) is 11.7 Å². The number of ketones is 1. The number of halogens is 2. The molecule has 37 heavy (non-hydrogen) atoms. The number of rotatable bonds is 6. The Balaban J connectivity index is 1.31. The van der Waals surface area contributed by atoms with Crippen molar-refractivity contribution in [2.75, 3.05) is 19.6 Å². The maximum Gasteiger partial charge on any atom is 0.293 e. The lowest BCUT2D eigenvalue weighted by atomic mass is 9.90. The smallest absolute Gasteiger partial charge is 0.293 e. The first-order valence-corrected chi connectivity index (χ1v) is 13.4. The third-order valence-corrected chi connectivity index (χ3v) is 8.14. The number of likely N-dealkylation sites (tertiary alicyclic amines) is 1. The number of piperidine rings is 1. The fourth-order valence-electron chi connectivity index (χ4n) is 4.92. The first-order chi connectivity index (χ1) is 17.8. The van der Waals surface area contributed by atoms with Gasteiger partial charge in [0.05, 0.1) is 33.8 Å². The number of hydrogen-bond donors (Lipinski definition) is 1. The maximum absolute atomic E-state index is 13.4. The lowest BCUT2D eigenvalue weighted by molar-refractivity contribution is -0.117. The number of aromatic nitrogens is 1. The van der Waals surface area contributed by atoms with E-state index in [9.17, 15) is 18.8 Å². The van der Waals surface area contributed by atoms with Gasteiger partial charge in [-0.1, -0.05) is 35.5 Å². The van der Waals surface area contributed by atoms with Crippen LogP contribution in [0.1, 0.15) is 39.1 Å². The van der Waals surface area contributed by atoms with Crippen LogP contribution in [-0.4, -0.2) is 57.6 Å². The molecule has 1 fully saturated rings. The van der Waals surface area contributed by atoms with Crippen LogP contribution in [0.4, 0.5) is 4.39 Å². The van der Waals surface area contributed by atoms with Gasteiger partial charge in [-0.25, -0.2) is 4.39 Å². The van der Waals surface area contributed by atoms with E-state index in [2.05, 4.69) is 10.3 Å². The molecule has 0 saturated carbocycles. The van der Waals surface area contributed by atoms with Crippen LogP contribution in [0.5, 0.6) is 0 Å². The van der Waals surface area contributed by atoms with Crippen LogP contribution in [0.2, 0.25) is 5.02 Å². The highest BCUT2D eigenvalue weighted by Gasteiger charge is 2.28. The van der Waals surface area contributed by atoms with Crippen molar-refractivity contribution in [3.8, 4) is 0 Å². The minimum atomic E-state index is -0.707. The zero-order chi connectivity index (χ0) is 26.1. The lowest BCUT2D eigenvalue weighted by Crippen LogP contribution is -2.39. The van der Waals surface area contributed by atoms with Crippen molar-refractivity contribution in [3.05, 3.63) is 70.1 Å². The molecule has 2 aliphatic rings. The third kappa shape index (κ3) is 5.43. The van der Waals surface area contributed by atoms with Gasteiger partial charge in [-0.2, -0.15) is 0 Å². The predicted octanol–water partition coefficient (Wildman–Crippen LogP) is 4.47. The van der Waals surface area contributed by atoms with Gasteiger partial charge < -0.3 is 14.8 Å². The molecule has 2 amide bonds. The van der Waals surface area contributed by atoms with Gasteiger partial charge in [0, 0.05) is 31.7 Å². The van der Waals surface area contributed by atoms with Crippen LogP contribution in [-0.2, 0) is 18.3 Å². The van der Waals surface area contributed by atoms with Crippen molar-refractivity contribution in [2.45, 2.75) is 24.6 Å². The minimum Gasteiger partial charge on any atom is -0.350 e. The van der Waals surface area contributed by atoms with E-state index >= 15 is 0 Å². The molecule has 1 N–H and O–H groups in total. The summed E-state index contributed by atoms with van der Waals surface area (Å²) in [6.07, 6.45) is 4.11. The number of fused-ring (bicyclic) bond motifs is 1. The Morgan fingerprint density at radius 3 is 2.54 bits per heavy atom. The summed E-state index contributed by atoms with van der Waals surface area (Å²) >= 11 is 7.88. The summed E-state index contributed by atoms with van der Waals surface area (Å²) in [6, 6.07) is 9.85. The first-order valence-electron chi connectivity index (χ1n) is 12.1. The molecule has 7 nitrogen and oxygen atoms in total. The Hall–Kier alpha value is -3.17. The fourth-order valence-corrected chi connectivity index (χ4v) is 5.83. The second-order valence-corrected chi connectivity index (χ2v) is 10.9. The lowest BCUT2D eigenvalue weighted by Gasteiger charge is -2.32. The molecular weight excluding hydrogens is 515 g/mol. The Labute approximate surface area is 223 Å². The summed E-state index contributed by atoms with van der Waals surface area (Å²) in [6.45, 7) is 1.60. The van der Waals surface area contributed by atoms with Crippen LogP contribution in [0.25, 0.3) is 10.9 Å². The van der Waals surface area contributed by atoms with Crippen LogP contribution in [0.15, 0.2) is 47.6 Å². The van der Waals surface area contributed by atoms with Gasteiger partial charge in [-0.15, -0.1) is 0 Å².